The first-order chi connectivity index (χ1) is 9.12. The maximum atomic E-state index is 12.9. The van der Waals surface area contributed by atoms with Gasteiger partial charge in [0.2, 0.25) is 5.78 Å². The van der Waals surface area contributed by atoms with Crippen molar-refractivity contribution in [2.24, 2.45) is 0 Å². The Kier molecular flexibility index (Phi) is 2.72. The number of carbonyl (C=O) groups excluding carboxylic acids is 1. The van der Waals surface area contributed by atoms with E-state index in [1.54, 1.807) is 0 Å². The zero-order valence-corrected chi connectivity index (χ0v) is 10.5. The first-order valence-corrected chi connectivity index (χ1v) is 6.13. The highest BCUT2D eigenvalue weighted by molar-refractivity contribution is 6.04. The predicted octanol–water partition coefficient (Wildman–Crippen LogP) is 3.24. The molecule has 0 N–H and O–H groups in total. The molecule has 96 valence electrons. The van der Waals surface area contributed by atoms with E-state index in [1.807, 2.05) is 31.2 Å². The number of halogens is 1. The van der Waals surface area contributed by atoms with Gasteiger partial charge in [-0.25, -0.2) is 4.39 Å². The summed E-state index contributed by atoms with van der Waals surface area (Å²) >= 11 is 0. The summed E-state index contributed by atoms with van der Waals surface area (Å²) in [4.78, 5) is 12.5. The van der Waals surface area contributed by atoms with E-state index in [-0.39, 0.29) is 11.6 Å². The van der Waals surface area contributed by atoms with E-state index in [4.69, 9.17) is 4.74 Å². The van der Waals surface area contributed by atoms with Crippen molar-refractivity contribution in [1.29, 1.82) is 0 Å². The second-order valence-electron chi connectivity index (χ2n) is 4.82. The number of epoxide rings is 1. The number of ether oxygens (including phenoxy) is 1. The quantitative estimate of drug-likeness (QED) is 0.623. The number of rotatable bonds is 3. The number of ketones is 1. The molecule has 1 aliphatic rings. The minimum atomic E-state index is -0.871. The van der Waals surface area contributed by atoms with Crippen molar-refractivity contribution in [2.45, 2.75) is 12.5 Å². The van der Waals surface area contributed by atoms with Gasteiger partial charge < -0.3 is 4.74 Å². The van der Waals surface area contributed by atoms with Crippen molar-refractivity contribution < 1.29 is 13.9 Å². The van der Waals surface area contributed by atoms with E-state index in [0.29, 0.717) is 12.2 Å². The van der Waals surface area contributed by atoms with Crippen LogP contribution in [0.25, 0.3) is 0 Å². The lowest BCUT2D eigenvalue weighted by Crippen LogP contribution is -2.22. The van der Waals surface area contributed by atoms with Crippen LogP contribution in [0.5, 0.6) is 0 Å². The van der Waals surface area contributed by atoms with Crippen LogP contribution < -0.4 is 0 Å². The van der Waals surface area contributed by atoms with Crippen molar-refractivity contribution in [3.05, 3.63) is 71.0 Å². The lowest BCUT2D eigenvalue weighted by Gasteiger charge is -2.12. The Balaban J connectivity index is 1.97. The summed E-state index contributed by atoms with van der Waals surface area (Å²) < 4.78 is 18.3. The molecule has 0 bridgehead atoms. The lowest BCUT2D eigenvalue weighted by molar-refractivity contribution is 0.0871. The van der Waals surface area contributed by atoms with Crippen molar-refractivity contribution in [3.63, 3.8) is 0 Å². The molecule has 1 atom stereocenters. The van der Waals surface area contributed by atoms with Crippen LogP contribution in [-0.4, -0.2) is 12.4 Å². The Bertz CT molecular complexity index is 627. The highest BCUT2D eigenvalue weighted by Crippen LogP contribution is 2.41. The Morgan fingerprint density at radius 1 is 1.21 bits per heavy atom. The van der Waals surface area contributed by atoms with Gasteiger partial charge in [0, 0.05) is 5.56 Å². The molecule has 0 spiro atoms. The second kappa shape index (κ2) is 4.28. The maximum absolute atomic E-state index is 12.9. The number of Topliss-reactive ketones (excluding diaryl/α,β-unsaturated/α-hetero) is 1. The SMILES string of the molecule is Cc1cccc(C2(C(=O)c3ccc(F)cc3)CO2)c1. The van der Waals surface area contributed by atoms with Crippen molar-refractivity contribution in [2.75, 3.05) is 6.61 Å². The predicted molar refractivity (Wildman–Crippen MR) is 69.5 cm³/mol. The Labute approximate surface area is 110 Å². The summed E-state index contributed by atoms with van der Waals surface area (Å²) in [6, 6.07) is 13.3. The molecule has 2 aromatic rings. The summed E-state index contributed by atoms with van der Waals surface area (Å²) in [5.41, 5.74) is 1.55. The molecule has 0 amide bonds. The Morgan fingerprint density at radius 2 is 1.89 bits per heavy atom. The monoisotopic (exact) mass is 256 g/mol. The Hall–Kier alpha value is -2.00. The summed E-state index contributed by atoms with van der Waals surface area (Å²) in [6.07, 6.45) is 0. The van der Waals surface area contributed by atoms with Gasteiger partial charge >= 0.3 is 0 Å². The first-order valence-electron chi connectivity index (χ1n) is 6.13. The van der Waals surface area contributed by atoms with Gasteiger partial charge in [0.15, 0.2) is 5.60 Å². The van der Waals surface area contributed by atoms with E-state index in [2.05, 4.69) is 0 Å². The molecule has 1 saturated heterocycles. The lowest BCUT2D eigenvalue weighted by atomic mass is 9.90. The van der Waals surface area contributed by atoms with Gasteiger partial charge in [-0.05, 0) is 36.8 Å². The molecule has 2 nitrogen and oxygen atoms in total. The third-order valence-corrected chi connectivity index (χ3v) is 3.39. The molecule has 1 heterocycles. The fourth-order valence-electron chi connectivity index (χ4n) is 2.23. The summed E-state index contributed by atoms with van der Waals surface area (Å²) in [6.45, 7) is 2.36. The molecule has 0 aliphatic carbocycles. The van der Waals surface area contributed by atoms with Gasteiger partial charge in [-0.15, -0.1) is 0 Å². The second-order valence-corrected chi connectivity index (χ2v) is 4.82. The molecule has 3 heteroatoms. The van der Waals surface area contributed by atoms with Crippen LogP contribution in [0.3, 0.4) is 0 Å². The molecule has 1 aliphatic heterocycles. The third kappa shape index (κ3) is 2.06. The highest BCUT2D eigenvalue weighted by Gasteiger charge is 2.53. The Morgan fingerprint density at radius 3 is 2.47 bits per heavy atom. The first kappa shape index (κ1) is 12.1. The van der Waals surface area contributed by atoms with E-state index in [0.717, 1.165) is 11.1 Å². The van der Waals surface area contributed by atoms with Crippen molar-refractivity contribution in [3.8, 4) is 0 Å². The van der Waals surface area contributed by atoms with E-state index < -0.39 is 5.60 Å². The standard InChI is InChI=1S/C16H13FO2/c1-11-3-2-4-13(9-11)16(10-19-16)15(18)12-5-7-14(17)8-6-12/h2-9H,10H2,1H3. The summed E-state index contributed by atoms with van der Waals surface area (Å²) in [5.74, 6) is -0.462. The van der Waals surface area contributed by atoms with Gasteiger partial charge in [0.25, 0.3) is 0 Å². The number of aryl methyl sites for hydroxylation is 1. The van der Waals surface area contributed by atoms with Gasteiger partial charge in [0.1, 0.15) is 5.82 Å². The van der Waals surface area contributed by atoms with E-state index >= 15 is 0 Å². The highest BCUT2D eigenvalue weighted by atomic mass is 19.1. The average molecular weight is 256 g/mol. The summed E-state index contributed by atoms with van der Waals surface area (Å²) in [7, 11) is 0. The van der Waals surface area contributed by atoms with Gasteiger partial charge in [-0.3, -0.25) is 4.79 Å². The van der Waals surface area contributed by atoms with Crippen LogP contribution in [0.4, 0.5) is 4.39 Å². The van der Waals surface area contributed by atoms with Crippen molar-refractivity contribution >= 4 is 5.78 Å². The van der Waals surface area contributed by atoms with Crippen LogP contribution in [0.1, 0.15) is 21.5 Å². The topological polar surface area (TPSA) is 29.6 Å². The molecule has 19 heavy (non-hydrogen) atoms. The zero-order chi connectivity index (χ0) is 13.5. The minimum Gasteiger partial charge on any atom is -0.356 e. The molecule has 1 fully saturated rings. The molecular formula is C16H13FO2. The molecule has 0 saturated carbocycles. The van der Waals surface area contributed by atoms with Gasteiger partial charge in [-0.1, -0.05) is 29.8 Å². The fourth-order valence-corrected chi connectivity index (χ4v) is 2.23. The number of carbonyl (C=O) groups is 1. The fraction of sp³-hybridized carbons (Fsp3) is 0.188. The van der Waals surface area contributed by atoms with Crippen LogP contribution in [0, 0.1) is 12.7 Å². The maximum Gasteiger partial charge on any atom is 0.201 e. The van der Waals surface area contributed by atoms with Crippen LogP contribution in [0.2, 0.25) is 0 Å². The van der Waals surface area contributed by atoms with Gasteiger partial charge in [-0.2, -0.15) is 0 Å². The minimum absolute atomic E-state index is 0.113. The van der Waals surface area contributed by atoms with Crippen molar-refractivity contribution in [1.82, 2.24) is 0 Å². The molecule has 0 radical (unpaired) electrons. The molecule has 3 rings (SSSR count). The average Bonchev–Trinajstić information content (AvgIpc) is 3.20. The molecule has 1 unspecified atom stereocenters. The summed E-state index contributed by atoms with van der Waals surface area (Å²) in [5, 5.41) is 0. The number of benzene rings is 2. The molecular weight excluding hydrogens is 243 g/mol. The zero-order valence-electron chi connectivity index (χ0n) is 10.5. The van der Waals surface area contributed by atoms with Crippen LogP contribution in [-0.2, 0) is 10.3 Å². The third-order valence-electron chi connectivity index (χ3n) is 3.39. The van der Waals surface area contributed by atoms with Crippen LogP contribution >= 0.6 is 0 Å². The molecule has 0 aromatic heterocycles. The smallest absolute Gasteiger partial charge is 0.201 e. The molecule has 2 aromatic carbocycles. The normalized spacial score (nSPS) is 21.2. The van der Waals surface area contributed by atoms with E-state index in [1.165, 1.54) is 24.3 Å². The largest absolute Gasteiger partial charge is 0.356 e. The van der Waals surface area contributed by atoms with Crippen LogP contribution in [0.15, 0.2) is 48.5 Å². The number of hydrogen-bond acceptors (Lipinski definition) is 2. The van der Waals surface area contributed by atoms with Gasteiger partial charge in [0.05, 0.1) is 6.61 Å². The van der Waals surface area contributed by atoms with E-state index in [9.17, 15) is 9.18 Å². The number of hydrogen-bond donors (Lipinski definition) is 0.